The average molecular weight is 281 g/mol. The first-order chi connectivity index (χ1) is 10.3. The third kappa shape index (κ3) is 3.17. The fourth-order valence-electron chi connectivity index (χ4n) is 2.92. The highest BCUT2D eigenvalue weighted by Gasteiger charge is 2.33. The molecule has 1 heterocycles. The van der Waals surface area contributed by atoms with Crippen molar-refractivity contribution in [1.82, 2.24) is 5.32 Å². The molecule has 2 heteroatoms. The monoisotopic (exact) mass is 281 g/mol. The molecule has 0 radical (unpaired) electrons. The minimum atomic E-state index is 0.0646. The van der Waals surface area contributed by atoms with Crippen LogP contribution >= 0.6 is 0 Å². The van der Waals surface area contributed by atoms with E-state index in [1.54, 1.807) is 0 Å². The van der Waals surface area contributed by atoms with Crippen molar-refractivity contribution in [3.63, 3.8) is 0 Å². The van der Waals surface area contributed by atoms with Crippen LogP contribution in [0.3, 0.4) is 0 Å². The van der Waals surface area contributed by atoms with E-state index < -0.39 is 0 Å². The molecule has 2 aromatic rings. The van der Waals surface area contributed by atoms with Gasteiger partial charge in [-0.05, 0) is 17.0 Å². The molecule has 1 aliphatic heterocycles. The van der Waals surface area contributed by atoms with Gasteiger partial charge in [-0.15, -0.1) is 0 Å². The van der Waals surface area contributed by atoms with Crippen LogP contribution in [0.1, 0.15) is 37.1 Å². The highest BCUT2D eigenvalue weighted by atomic mass is 16.5. The third-order valence-electron chi connectivity index (χ3n) is 4.19. The van der Waals surface area contributed by atoms with Crippen molar-refractivity contribution in [2.45, 2.75) is 32.1 Å². The molecule has 3 atom stereocenters. The lowest BCUT2D eigenvalue weighted by Crippen LogP contribution is -2.45. The molecule has 0 spiro atoms. The van der Waals surface area contributed by atoms with E-state index >= 15 is 0 Å². The lowest BCUT2D eigenvalue weighted by atomic mass is 9.92. The quantitative estimate of drug-likeness (QED) is 0.914. The zero-order chi connectivity index (χ0) is 14.7. The van der Waals surface area contributed by atoms with E-state index in [9.17, 15) is 0 Å². The maximum absolute atomic E-state index is 6.44. The summed E-state index contributed by atoms with van der Waals surface area (Å²) in [5.74, 6) is 0.514. The molecule has 3 rings (SSSR count). The Morgan fingerprint density at radius 2 is 1.48 bits per heavy atom. The predicted molar refractivity (Wildman–Crippen MR) is 86.1 cm³/mol. The molecular formula is C19H23NO. The van der Waals surface area contributed by atoms with Gasteiger partial charge in [-0.25, -0.2) is 0 Å². The first-order valence-corrected chi connectivity index (χ1v) is 7.74. The van der Waals surface area contributed by atoms with E-state index in [1.807, 2.05) is 0 Å². The van der Waals surface area contributed by atoms with Crippen LogP contribution in [0.5, 0.6) is 0 Å². The summed E-state index contributed by atoms with van der Waals surface area (Å²) in [7, 11) is 0. The fourth-order valence-corrected chi connectivity index (χ4v) is 2.92. The Kier molecular flexibility index (Phi) is 4.37. The summed E-state index contributed by atoms with van der Waals surface area (Å²) in [5, 5.41) is 3.69. The number of morpholine rings is 1. The second-order valence-electron chi connectivity index (χ2n) is 6.05. The summed E-state index contributed by atoms with van der Waals surface area (Å²) in [6.07, 6.45) is 0.324. The van der Waals surface area contributed by atoms with Gasteiger partial charge in [0, 0.05) is 6.54 Å². The van der Waals surface area contributed by atoms with Crippen LogP contribution in [0.4, 0.5) is 0 Å². The lowest BCUT2D eigenvalue weighted by Gasteiger charge is -2.39. The van der Waals surface area contributed by atoms with Crippen LogP contribution in [0.2, 0.25) is 0 Å². The number of nitrogens with one attached hydrogen (secondary N) is 1. The molecule has 0 bridgehead atoms. The van der Waals surface area contributed by atoms with Crippen LogP contribution in [-0.2, 0) is 4.74 Å². The second kappa shape index (κ2) is 6.42. The highest BCUT2D eigenvalue weighted by Crippen LogP contribution is 2.36. The van der Waals surface area contributed by atoms with Crippen molar-refractivity contribution in [3.8, 4) is 0 Å². The number of ether oxygens (including phenoxy) is 1. The van der Waals surface area contributed by atoms with Crippen molar-refractivity contribution in [2.75, 3.05) is 6.54 Å². The summed E-state index contributed by atoms with van der Waals surface area (Å²) < 4.78 is 6.44. The van der Waals surface area contributed by atoms with E-state index in [4.69, 9.17) is 4.74 Å². The minimum Gasteiger partial charge on any atom is -0.367 e. The standard InChI is InChI=1S/C19H23NO/c1-14(2)17-13-20-18(15-9-5-3-6-10-15)19(21-17)16-11-7-4-8-12-16/h3-12,14,17-20H,13H2,1-2H3. The van der Waals surface area contributed by atoms with Gasteiger partial charge in [-0.3, -0.25) is 0 Å². The van der Waals surface area contributed by atoms with Crippen molar-refractivity contribution in [2.24, 2.45) is 5.92 Å². The van der Waals surface area contributed by atoms with Gasteiger partial charge < -0.3 is 10.1 Å². The Labute approximate surface area is 127 Å². The van der Waals surface area contributed by atoms with E-state index in [2.05, 4.69) is 79.8 Å². The molecular weight excluding hydrogens is 258 g/mol. The normalized spacial score (nSPS) is 26.0. The van der Waals surface area contributed by atoms with Gasteiger partial charge in [0.2, 0.25) is 0 Å². The summed E-state index contributed by atoms with van der Waals surface area (Å²) >= 11 is 0. The lowest BCUT2D eigenvalue weighted by molar-refractivity contribution is -0.0853. The Morgan fingerprint density at radius 3 is 2.05 bits per heavy atom. The Hall–Kier alpha value is -1.64. The van der Waals surface area contributed by atoms with Crippen LogP contribution < -0.4 is 5.32 Å². The average Bonchev–Trinajstić information content (AvgIpc) is 2.56. The summed E-state index contributed by atoms with van der Waals surface area (Å²) in [5.41, 5.74) is 2.53. The molecule has 0 aliphatic carbocycles. The van der Waals surface area contributed by atoms with Gasteiger partial charge in [-0.2, -0.15) is 0 Å². The third-order valence-corrected chi connectivity index (χ3v) is 4.19. The maximum atomic E-state index is 6.44. The van der Waals surface area contributed by atoms with Crippen molar-refractivity contribution in [3.05, 3.63) is 71.8 Å². The molecule has 110 valence electrons. The molecule has 1 fully saturated rings. The van der Waals surface area contributed by atoms with E-state index in [0.717, 1.165) is 6.54 Å². The number of benzene rings is 2. The van der Waals surface area contributed by atoms with E-state index in [1.165, 1.54) is 11.1 Å². The van der Waals surface area contributed by atoms with Crippen molar-refractivity contribution < 1.29 is 4.74 Å². The van der Waals surface area contributed by atoms with E-state index in [0.29, 0.717) is 5.92 Å². The zero-order valence-electron chi connectivity index (χ0n) is 12.7. The van der Waals surface area contributed by atoms with Gasteiger partial charge in [0.25, 0.3) is 0 Å². The molecule has 2 aromatic carbocycles. The molecule has 1 N–H and O–H groups in total. The number of rotatable bonds is 3. The van der Waals surface area contributed by atoms with Gasteiger partial charge in [-0.1, -0.05) is 74.5 Å². The molecule has 1 saturated heterocycles. The van der Waals surface area contributed by atoms with Gasteiger partial charge >= 0.3 is 0 Å². The smallest absolute Gasteiger partial charge is 0.102 e. The molecule has 0 aromatic heterocycles. The van der Waals surface area contributed by atoms with Crippen molar-refractivity contribution >= 4 is 0 Å². The van der Waals surface area contributed by atoms with Crippen LogP contribution in [0.15, 0.2) is 60.7 Å². The molecule has 1 aliphatic rings. The predicted octanol–water partition coefficient (Wildman–Crippen LogP) is 4.11. The molecule has 0 amide bonds. The second-order valence-corrected chi connectivity index (χ2v) is 6.05. The van der Waals surface area contributed by atoms with E-state index in [-0.39, 0.29) is 18.2 Å². The Morgan fingerprint density at radius 1 is 0.905 bits per heavy atom. The highest BCUT2D eigenvalue weighted by molar-refractivity contribution is 5.27. The Balaban J connectivity index is 1.91. The molecule has 3 unspecified atom stereocenters. The van der Waals surface area contributed by atoms with Gasteiger partial charge in [0.15, 0.2) is 0 Å². The molecule has 0 saturated carbocycles. The topological polar surface area (TPSA) is 21.3 Å². The first kappa shape index (κ1) is 14.3. The first-order valence-electron chi connectivity index (χ1n) is 7.74. The molecule has 2 nitrogen and oxygen atoms in total. The summed E-state index contributed by atoms with van der Waals surface area (Å²) in [6, 6.07) is 21.3. The van der Waals surface area contributed by atoms with Crippen LogP contribution in [0.25, 0.3) is 0 Å². The minimum absolute atomic E-state index is 0.0646. The van der Waals surface area contributed by atoms with Crippen molar-refractivity contribution in [1.29, 1.82) is 0 Å². The van der Waals surface area contributed by atoms with Crippen LogP contribution in [0, 0.1) is 5.92 Å². The fraction of sp³-hybridized carbons (Fsp3) is 0.368. The summed E-state index contributed by atoms with van der Waals surface area (Å²) in [6.45, 7) is 5.34. The van der Waals surface area contributed by atoms with Gasteiger partial charge in [0.05, 0.1) is 12.1 Å². The maximum Gasteiger partial charge on any atom is 0.102 e. The van der Waals surface area contributed by atoms with Crippen LogP contribution in [-0.4, -0.2) is 12.6 Å². The zero-order valence-corrected chi connectivity index (χ0v) is 12.7. The largest absolute Gasteiger partial charge is 0.367 e. The Bertz CT molecular complexity index is 552. The van der Waals surface area contributed by atoms with Gasteiger partial charge in [0.1, 0.15) is 6.10 Å². The molecule has 21 heavy (non-hydrogen) atoms. The number of hydrogen-bond donors (Lipinski definition) is 1. The summed E-state index contributed by atoms with van der Waals surface area (Å²) in [4.78, 5) is 0. The number of hydrogen-bond acceptors (Lipinski definition) is 2. The SMILES string of the molecule is CC(C)C1CNC(c2ccccc2)C(c2ccccc2)O1.